The molecule has 1 saturated heterocycles. The minimum absolute atomic E-state index is 0.00258. The van der Waals surface area contributed by atoms with Crippen LogP contribution in [0, 0.1) is 0 Å². The normalized spacial score (nSPS) is 17.3. The van der Waals surface area contributed by atoms with Crippen LogP contribution in [0.4, 0.5) is 0 Å². The molecule has 0 aliphatic carbocycles. The molecule has 0 radical (unpaired) electrons. The van der Waals surface area contributed by atoms with E-state index in [-0.39, 0.29) is 130 Å². The van der Waals surface area contributed by atoms with Crippen LogP contribution in [0.15, 0.2) is 36.4 Å². The van der Waals surface area contributed by atoms with Crippen molar-refractivity contribution < 1.29 is 129 Å². The lowest BCUT2D eigenvalue weighted by atomic mass is 9.98. The van der Waals surface area contributed by atoms with Gasteiger partial charge in [0, 0.05) is 64.0 Å². The topological polar surface area (TPSA) is 295 Å². The van der Waals surface area contributed by atoms with Gasteiger partial charge in [-0.3, -0.25) is 0 Å². The van der Waals surface area contributed by atoms with E-state index in [1.807, 2.05) is 0 Å². The van der Waals surface area contributed by atoms with Gasteiger partial charge in [0.1, 0.15) is 24.9 Å². The van der Waals surface area contributed by atoms with Crippen molar-refractivity contribution in [2.75, 3.05) is 132 Å². The number of benzene rings is 3. The predicted octanol–water partition coefficient (Wildman–Crippen LogP) is 2.22. The molecule has 0 spiro atoms. The number of methoxy groups -OCH3 is 9. The lowest BCUT2D eigenvalue weighted by Gasteiger charge is -2.41. The molecule has 2 N–H and O–H groups in total. The van der Waals surface area contributed by atoms with Gasteiger partial charge >= 0.3 is 17.9 Å². The van der Waals surface area contributed by atoms with Crippen LogP contribution in [0.3, 0.4) is 0 Å². The van der Waals surface area contributed by atoms with Gasteiger partial charge in [-0.25, -0.2) is 14.4 Å². The van der Waals surface area contributed by atoms with E-state index in [0.717, 1.165) is 0 Å². The van der Waals surface area contributed by atoms with Crippen LogP contribution in [0.2, 0.25) is 0 Å². The smallest absolute Gasteiger partial charge is 0.340 e. The van der Waals surface area contributed by atoms with Gasteiger partial charge in [0.05, 0.1) is 16.7 Å². The van der Waals surface area contributed by atoms with Gasteiger partial charge in [-0.1, -0.05) is 0 Å². The van der Waals surface area contributed by atoms with Gasteiger partial charge in [-0.05, 0) is 36.4 Å². The molecular weight excluding hydrogens is 972 g/mol. The molecule has 0 amide bonds. The van der Waals surface area contributed by atoms with E-state index in [1.54, 1.807) is 0 Å². The monoisotopic (exact) mass is 1030 g/mol. The fraction of sp³-hybridized carbons (Fsp3) is 0.533. The van der Waals surface area contributed by atoms with Gasteiger partial charge in [-0.15, -0.1) is 0 Å². The highest BCUT2D eigenvalue weighted by Gasteiger charge is 2.49. The first-order chi connectivity index (χ1) is 34.9. The second kappa shape index (κ2) is 31.3. The molecule has 1 fully saturated rings. The van der Waals surface area contributed by atoms with Crippen molar-refractivity contribution in [3.8, 4) is 51.7 Å². The molecule has 5 atom stereocenters. The number of hydrogen-bond acceptors (Lipinski definition) is 27. The Labute approximate surface area is 413 Å². The van der Waals surface area contributed by atoms with Crippen LogP contribution in [0.25, 0.3) is 0 Å². The Kier molecular flexibility index (Phi) is 25.4. The van der Waals surface area contributed by atoms with E-state index < -0.39 is 55.2 Å². The minimum Gasteiger partial charge on any atom is -0.463 e. The summed E-state index contributed by atoms with van der Waals surface area (Å²) in [6.07, 6.45) is -9.81. The summed E-state index contributed by atoms with van der Waals surface area (Å²) in [5.74, 6) is -3.70. The molecule has 27 nitrogen and oxygen atoms in total. The molecule has 0 unspecified atom stereocenters. The quantitative estimate of drug-likeness (QED) is 0.0492. The van der Waals surface area contributed by atoms with Crippen LogP contribution >= 0.6 is 0 Å². The SMILES string of the molecule is COCOc1cc(C(=O)OC[C@H]2O[C@@H](OC(=O)c3cc(OCOC)c(OCOC)c(OCOC)c3)[C@H](O)[C@@H](O)[C@@H]2OC(=O)c2cc(OCOC)c(OCOC)c(OCOC)c2)cc(OCOC)c1OCOC. The number of rotatable bonds is 34. The van der Waals surface area contributed by atoms with E-state index in [9.17, 15) is 24.6 Å². The minimum atomic E-state index is -2.12. The van der Waals surface area contributed by atoms with Crippen molar-refractivity contribution >= 4 is 17.9 Å². The van der Waals surface area contributed by atoms with E-state index in [4.69, 9.17) is 104 Å². The molecule has 72 heavy (non-hydrogen) atoms. The average molecular weight is 1030 g/mol. The van der Waals surface area contributed by atoms with Crippen LogP contribution in [-0.4, -0.2) is 191 Å². The van der Waals surface area contributed by atoms with E-state index in [2.05, 4.69) is 0 Å². The molecule has 1 heterocycles. The molecule has 402 valence electrons. The summed E-state index contributed by atoms with van der Waals surface area (Å²) in [7, 11) is 12.3. The van der Waals surface area contributed by atoms with Crippen molar-refractivity contribution in [2.24, 2.45) is 0 Å². The Morgan fingerprint density at radius 2 is 0.681 bits per heavy atom. The van der Waals surface area contributed by atoms with Crippen molar-refractivity contribution in [1.82, 2.24) is 0 Å². The summed E-state index contributed by atoms with van der Waals surface area (Å²) in [5.41, 5.74) is -0.670. The fourth-order valence-corrected chi connectivity index (χ4v) is 6.13. The zero-order chi connectivity index (χ0) is 52.4. The molecule has 3 aromatic rings. The summed E-state index contributed by atoms with van der Waals surface area (Å²) in [4.78, 5) is 42.0. The maximum absolute atomic E-state index is 14.1. The number of hydrogen-bond donors (Lipinski definition) is 2. The number of esters is 3. The third-order valence-corrected chi connectivity index (χ3v) is 9.21. The molecule has 4 rings (SSSR count). The summed E-state index contributed by atoms with van der Waals surface area (Å²) in [5, 5.41) is 23.2. The number of ether oxygens (including phenoxy) is 22. The summed E-state index contributed by atoms with van der Waals surface area (Å²) >= 11 is 0. The molecule has 27 heteroatoms. The van der Waals surface area contributed by atoms with Crippen molar-refractivity contribution in [3.63, 3.8) is 0 Å². The average Bonchev–Trinajstić information content (AvgIpc) is 3.39. The fourth-order valence-electron chi connectivity index (χ4n) is 6.13. The molecule has 0 saturated carbocycles. The van der Waals surface area contributed by atoms with Gasteiger partial charge in [0.2, 0.25) is 23.5 Å². The second-order valence-corrected chi connectivity index (χ2v) is 14.3. The molecule has 1 aliphatic heterocycles. The van der Waals surface area contributed by atoms with E-state index in [0.29, 0.717) is 0 Å². The Bertz CT molecular complexity index is 2050. The Morgan fingerprint density at radius 1 is 0.403 bits per heavy atom. The standard InChI is InChI=1S/C45H60O27/c1-51-17-61-29-10-26(11-30(62-18-52-2)38(29)67-23-57-7)42(48)60-16-35-41(71-43(49)27-12-31(63-19-53-3)39(68-24-58-8)32(13-27)64-20-54-4)36(46)37(47)45(70-35)72-44(50)28-14-33(65-21-55-5)40(69-25-59-9)34(15-28)66-22-56-6/h10-15,35-37,41,45-47H,16-25H2,1-9H3/t35-,36-,37-,41-,45+/m1/s1. The van der Waals surface area contributed by atoms with Gasteiger partial charge < -0.3 is 114 Å². The Morgan fingerprint density at radius 3 is 0.986 bits per heavy atom. The predicted molar refractivity (Wildman–Crippen MR) is 237 cm³/mol. The molecule has 0 bridgehead atoms. The van der Waals surface area contributed by atoms with Crippen LogP contribution in [0.1, 0.15) is 31.1 Å². The molecule has 3 aromatic carbocycles. The van der Waals surface area contributed by atoms with Gasteiger partial charge in [0.25, 0.3) is 0 Å². The number of carbonyl (C=O) groups is 3. The highest BCUT2D eigenvalue weighted by molar-refractivity contribution is 5.93. The summed E-state index contributed by atoms with van der Waals surface area (Å²) in [6, 6.07) is 7.35. The highest BCUT2D eigenvalue weighted by Crippen LogP contribution is 2.42. The Hall–Kier alpha value is -6.21. The van der Waals surface area contributed by atoms with Gasteiger partial charge in [-0.2, -0.15) is 0 Å². The molecule has 0 aromatic heterocycles. The molecule has 1 aliphatic rings. The lowest BCUT2D eigenvalue weighted by Crippen LogP contribution is -2.61. The van der Waals surface area contributed by atoms with E-state index in [1.165, 1.54) is 100 Å². The highest BCUT2D eigenvalue weighted by atomic mass is 16.7. The van der Waals surface area contributed by atoms with Crippen LogP contribution < -0.4 is 42.6 Å². The van der Waals surface area contributed by atoms with Gasteiger partial charge in [0.15, 0.2) is 102 Å². The largest absolute Gasteiger partial charge is 0.463 e. The van der Waals surface area contributed by atoms with Crippen molar-refractivity contribution in [2.45, 2.75) is 30.7 Å². The third kappa shape index (κ3) is 16.7. The number of aliphatic hydroxyl groups excluding tert-OH is 2. The van der Waals surface area contributed by atoms with Crippen LogP contribution in [0.5, 0.6) is 51.7 Å². The zero-order valence-electron chi connectivity index (χ0n) is 41.0. The van der Waals surface area contributed by atoms with Crippen molar-refractivity contribution in [3.05, 3.63) is 53.1 Å². The molecular formula is C45H60O27. The van der Waals surface area contributed by atoms with Crippen LogP contribution in [-0.2, 0) is 61.6 Å². The lowest BCUT2D eigenvalue weighted by molar-refractivity contribution is -0.284. The van der Waals surface area contributed by atoms with E-state index >= 15 is 0 Å². The van der Waals surface area contributed by atoms with Crippen molar-refractivity contribution in [1.29, 1.82) is 0 Å². The first-order valence-corrected chi connectivity index (χ1v) is 21.1. The summed E-state index contributed by atoms with van der Waals surface area (Å²) < 4.78 is 119. The number of aliphatic hydroxyl groups is 2. The summed E-state index contributed by atoms with van der Waals surface area (Å²) in [6.45, 7) is -3.38. The third-order valence-electron chi connectivity index (χ3n) is 9.21. The number of carbonyl (C=O) groups excluding carboxylic acids is 3. The maximum atomic E-state index is 14.1. The first kappa shape index (κ1) is 58.4. The Balaban J connectivity index is 1.76. The second-order valence-electron chi connectivity index (χ2n) is 14.3. The first-order valence-electron chi connectivity index (χ1n) is 21.1. The maximum Gasteiger partial charge on any atom is 0.340 e. The zero-order valence-corrected chi connectivity index (χ0v) is 41.0.